The van der Waals surface area contributed by atoms with Crippen molar-refractivity contribution in [1.82, 2.24) is 9.97 Å². The maximum absolute atomic E-state index is 12.5. The van der Waals surface area contributed by atoms with E-state index in [-0.39, 0.29) is 11.6 Å². The van der Waals surface area contributed by atoms with E-state index >= 15 is 0 Å². The number of hydrogen-bond acceptors (Lipinski definition) is 4. The van der Waals surface area contributed by atoms with Crippen molar-refractivity contribution in [2.45, 2.75) is 26.7 Å². The summed E-state index contributed by atoms with van der Waals surface area (Å²) >= 11 is 3.42. The molecule has 2 aliphatic rings. The van der Waals surface area contributed by atoms with Crippen molar-refractivity contribution < 1.29 is 9.53 Å². The molecule has 0 radical (unpaired) electrons. The summed E-state index contributed by atoms with van der Waals surface area (Å²) in [5, 5.41) is 3.40. The zero-order chi connectivity index (χ0) is 22.2. The number of fused-ring (bicyclic) bond motifs is 1. The Labute approximate surface area is 187 Å². The number of carbonyl (C=O) groups excluding carboxylic acids is 1. The van der Waals surface area contributed by atoms with Crippen molar-refractivity contribution in [1.29, 1.82) is 0 Å². The maximum atomic E-state index is 12.5. The second-order valence-electron chi connectivity index (χ2n) is 6.35. The second kappa shape index (κ2) is 10.6. The average molecular weight is 483 g/mol. The summed E-state index contributed by atoms with van der Waals surface area (Å²) in [6.07, 6.45) is 12.2. The number of nitrogens with one attached hydrogen (secondary N) is 3. The molecule has 0 fully saturated rings. The van der Waals surface area contributed by atoms with Crippen molar-refractivity contribution in [2.24, 2.45) is 4.99 Å². The normalized spacial score (nSPS) is 14.6. The standard InChI is InChI=1S/C21H17BrN4O3.C2H6/c22-14-5-2-1-4-13(12-14)20(27)24-15-7-9-16(10-8-15)29-17-6-3-11-23-19-18(17)25-21(28)26-19;1-2/h1,3-5,7-12H,2,6H2,(H,24,27)(H2,23,25,26,28);1-2H3. The van der Waals surface area contributed by atoms with Crippen LogP contribution < -0.4 is 26.6 Å². The molecule has 0 saturated carbocycles. The number of H-pyrrole nitrogens is 2. The highest BCUT2D eigenvalue weighted by atomic mass is 79.9. The van der Waals surface area contributed by atoms with Crippen LogP contribution in [0.15, 0.2) is 80.7 Å². The van der Waals surface area contributed by atoms with Crippen LogP contribution in [0.2, 0.25) is 0 Å². The summed E-state index contributed by atoms with van der Waals surface area (Å²) in [6.45, 7) is 4.00. The maximum Gasteiger partial charge on any atom is 0.325 e. The molecule has 3 N–H and O–H groups in total. The van der Waals surface area contributed by atoms with Gasteiger partial charge in [-0.25, -0.2) is 9.79 Å². The number of hydrogen-bond donors (Lipinski definition) is 3. The summed E-state index contributed by atoms with van der Waals surface area (Å²) in [5.41, 5.74) is 1.32. The molecule has 1 aromatic heterocycles. The number of rotatable bonds is 4. The fourth-order valence-corrected chi connectivity index (χ4v) is 3.31. The number of aromatic nitrogens is 2. The van der Waals surface area contributed by atoms with Gasteiger partial charge >= 0.3 is 5.69 Å². The molecule has 2 aromatic rings. The predicted octanol–water partition coefficient (Wildman–Crippen LogP) is 3.56. The van der Waals surface area contributed by atoms with Crippen LogP contribution in [0.25, 0.3) is 5.76 Å². The van der Waals surface area contributed by atoms with Crippen molar-refractivity contribution in [3.8, 4) is 5.75 Å². The van der Waals surface area contributed by atoms with E-state index in [1.165, 1.54) is 0 Å². The number of anilines is 1. The summed E-state index contributed by atoms with van der Waals surface area (Å²) < 4.78 is 6.82. The molecule has 0 saturated heterocycles. The Hall–Kier alpha value is -3.39. The highest BCUT2D eigenvalue weighted by molar-refractivity contribution is 9.11. The molecular weight excluding hydrogens is 460 g/mol. The third-order valence-corrected chi connectivity index (χ3v) is 4.81. The zero-order valence-electron chi connectivity index (χ0n) is 17.2. The molecule has 7 nitrogen and oxygen atoms in total. The van der Waals surface area contributed by atoms with E-state index < -0.39 is 0 Å². The number of nitrogens with zero attached hydrogens (tertiary/aromatic N) is 1. The Kier molecular flexibility index (Phi) is 7.61. The predicted molar refractivity (Wildman–Crippen MR) is 125 cm³/mol. The summed E-state index contributed by atoms with van der Waals surface area (Å²) in [4.78, 5) is 33.5. The molecule has 2 heterocycles. The Morgan fingerprint density at radius 2 is 1.94 bits per heavy atom. The lowest BCUT2D eigenvalue weighted by atomic mass is 10.2. The number of amides is 1. The number of halogens is 1. The van der Waals surface area contributed by atoms with E-state index in [0.717, 1.165) is 10.9 Å². The number of ether oxygens (including phenoxy) is 1. The second-order valence-corrected chi connectivity index (χ2v) is 7.27. The van der Waals surface area contributed by atoms with Gasteiger partial charge in [-0.2, -0.15) is 0 Å². The minimum Gasteiger partial charge on any atom is -0.459 e. The van der Waals surface area contributed by atoms with Gasteiger partial charge in [0.1, 0.15) is 16.9 Å². The smallest absolute Gasteiger partial charge is 0.325 e. The number of imidazole rings is 1. The van der Waals surface area contributed by atoms with E-state index in [0.29, 0.717) is 40.0 Å². The molecule has 1 amide bonds. The van der Waals surface area contributed by atoms with E-state index in [1.54, 1.807) is 42.6 Å². The molecule has 1 aromatic carbocycles. The van der Waals surface area contributed by atoms with Gasteiger partial charge in [0.15, 0.2) is 5.49 Å². The lowest BCUT2D eigenvalue weighted by Gasteiger charge is -2.09. The van der Waals surface area contributed by atoms with Crippen LogP contribution in [0.1, 0.15) is 26.7 Å². The highest BCUT2D eigenvalue weighted by Crippen LogP contribution is 2.21. The van der Waals surface area contributed by atoms with Crippen LogP contribution in [0.3, 0.4) is 0 Å². The number of carbonyl (C=O) groups is 1. The molecule has 160 valence electrons. The Bertz CT molecular complexity index is 1240. The highest BCUT2D eigenvalue weighted by Gasteiger charge is 2.10. The Balaban J connectivity index is 0.00000132. The summed E-state index contributed by atoms with van der Waals surface area (Å²) in [6, 6.07) is 7.03. The van der Waals surface area contributed by atoms with Gasteiger partial charge < -0.3 is 15.0 Å². The van der Waals surface area contributed by atoms with Crippen LogP contribution in [-0.4, -0.2) is 15.9 Å². The quantitative estimate of drug-likeness (QED) is 0.620. The third kappa shape index (κ3) is 5.82. The van der Waals surface area contributed by atoms with Crippen molar-refractivity contribution >= 4 is 33.3 Å². The topological polar surface area (TPSA) is 99.3 Å². The van der Waals surface area contributed by atoms with Gasteiger partial charge in [0, 0.05) is 28.4 Å². The number of aromatic amines is 2. The third-order valence-electron chi connectivity index (χ3n) is 4.25. The average Bonchev–Trinajstić information content (AvgIpc) is 2.91. The van der Waals surface area contributed by atoms with E-state index in [4.69, 9.17) is 4.74 Å². The first-order valence-corrected chi connectivity index (χ1v) is 10.8. The van der Waals surface area contributed by atoms with Crippen molar-refractivity contribution in [3.05, 3.63) is 92.2 Å². The lowest BCUT2D eigenvalue weighted by molar-refractivity contribution is -0.112. The molecule has 0 spiro atoms. The molecule has 0 unspecified atom stereocenters. The van der Waals surface area contributed by atoms with E-state index in [1.807, 2.05) is 32.1 Å². The molecule has 31 heavy (non-hydrogen) atoms. The van der Waals surface area contributed by atoms with Gasteiger partial charge in [0.05, 0.1) is 0 Å². The lowest BCUT2D eigenvalue weighted by Crippen LogP contribution is -2.28. The van der Waals surface area contributed by atoms with Crippen LogP contribution in [0, 0.1) is 0 Å². The summed E-state index contributed by atoms with van der Waals surface area (Å²) in [7, 11) is 0. The van der Waals surface area contributed by atoms with Crippen LogP contribution in [0.4, 0.5) is 5.69 Å². The van der Waals surface area contributed by atoms with Crippen LogP contribution in [-0.2, 0) is 4.79 Å². The van der Waals surface area contributed by atoms with Crippen molar-refractivity contribution in [2.75, 3.05) is 5.32 Å². The molecular formula is C23H23BrN4O3. The fourth-order valence-electron chi connectivity index (χ4n) is 2.88. The largest absolute Gasteiger partial charge is 0.459 e. The van der Waals surface area contributed by atoms with Gasteiger partial charge in [0.25, 0.3) is 5.91 Å². The zero-order valence-corrected chi connectivity index (χ0v) is 18.8. The van der Waals surface area contributed by atoms with E-state index in [2.05, 4.69) is 36.2 Å². The van der Waals surface area contributed by atoms with Crippen LogP contribution >= 0.6 is 15.9 Å². The van der Waals surface area contributed by atoms with E-state index in [9.17, 15) is 9.59 Å². The van der Waals surface area contributed by atoms with Gasteiger partial charge in [0.2, 0.25) is 0 Å². The van der Waals surface area contributed by atoms with Gasteiger partial charge in [-0.1, -0.05) is 54.1 Å². The monoisotopic (exact) mass is 482 g/mol. The molecule has 0 atom stereocenters. The summed E-state index contributed by atoms with van der Waals surface area (Å²) in [5.74, 6) is 0.972. The van der Waals surface area contributed by atoms with Gasteiger partial charge in [-0.15, -0.1) is 0 Å². The molecule has 1 aliphatic carbocycles. The molecule has 1 aliphatic heterocycles. The first kappa shape index (κ1) is 22.3. The minimum atomic E-state index is -0.337. The fraction of sp³-hybridized carbons (Fsp3) is 0.174. The Morgan fingerprint density at radius 1 is 1.16 bits per heavy atom. The SMILES string of the molecule is CC.O=C(Nc1ccc(OC2=c3[nH]c(=O)[nH]c3=NC=CC2)cc1)C1=CC(Br)=CCC=C1. The van der Waals surface area contributed by atoms with Crippen LogP contribution in [0.5, 0.6) is 5.75 Å². The first-order valence-electron chi connectivity index (χ1n) is 9.96. The number of benzene rings is 1. The first-order chi connectivity index (χ1) is 15.1. The van der Waals surface area contributed by atoms with Gasteiger partial charge in [-0.3, -0.25) is 9.78 Å². The Morgan fingerprint density at radius 3 is 2.71 bits per heavy atom. The minimum absolute atomic E-state index is 0.193. The van der Waals surface area contributed by atoms with Gasteiger partial charge in [-0.05, 0) is 36.8 Å². The molecule has 4 rings (SSSR count). The molecule has 0 bridgehead atoms. The molecule has 8 heteroatoms. The number of allylic oxidation sites excluding steroid dienone is 4. The van der Waals surface area contributed by atoms with Crippen molar-refractivity contribution in [3.63, 3.8) is 0 Å².